The molecule has 0 spiro atoms. The maximum atomic E-state index is 13.6. The number of rotatable bonds is 3. The molecule has 0 atom stereocenters. The fourth-order valence-electron chi connectivity index (χ4n) is 3.59. The molecule has 0 unspecified atom stereocenters. The third-order valence-electron chi connectivity index (χ3n) is 5.29. The number of aliphatic hydroxyl groups is 1. The van der Waals surface area contributed by atoms with Crippen LogP contribution in [0.15, 0.2) is 36.8 Å². The Morgan fingerprint density at radius 2 is 1.86 bits per heavy atom. The van der Waals surface area contributed by atoms with Crippen LogP contribution in [-0.2, 0) is 12.6 Å². The van der Waals surface area contributed by atoms with Crippen LogP contribution in [0.4, 0.5) is 14.6 Å². The van der Waals surface area contributed by atoms with Gasteiger partial charge in [0.25, 0.3) is 0 Å². The van der Waals surface area contributed by atoms with E-state index in [1.807, 2.05) is 25.1 Å². The zero-order chi connectivity index (χ0) is 19.9. The van der Waals surface area contributed by atoms with Crippen molar-refractivity contribution in [2.45, 2.75) is 25.4 Å². The Bertz CT molecular complexity index is 1010. The van der Waals surface area contributed by atoms with Gasteiger partial charge in [0.15, 0.2) is 11.6 Å². The normalized spacial score (nSPS) is 16.4. The van der Waals surface area contributed by atoms with Crippen molar-refractivity contribution in [3.8, 4) is 11.3 Å². The van der Waals surface area contributed by atoms with E-state index in [2.05, 4.69) is 10.1 Å². The first kappa shape index (κ1) is 18.5. The first-order valence-corrected chi connectivity index (χ1v) is 9.11. The van der Waals surface area contributed by atoms with Gasteiger partial charge in [-0.1, -0.05) is 6.07 Å². The minimum absolute atomic E-state index is 0.385. The highest BCUT2D eigenvalue weighted by Gasteiger charge is 2.35. The van der Waals surface area contributed by atoms with Crippen molar-refractivity contribution in [3.05, 3.63) is 59.7 Å². The highest BCUT2D eigenvalue weighted by molar-refractivity contribution is 5.61. The van der Waals surface area contributed by atoms with E-state index in [-0.39, 0.29) is 0 Å². The van der Waals surface area contributed by atoms with Crippen molar-refractivity contribution in [1.29, 1.82) is 0 Å². The van der Waals surface area contributed by atoms with E-state index in [9.17, 15) is 13.9 Å². The van der Waals surface area contributed by atoms with Crippen molar-refractivity contribution < 1.29 is 13.9 Å². The molecule has 0 bridgehead atoms. The monoisotopic (exact) mass is 385 g/mol. The molecular formula is C20H21F2N5O. The highest BCUT2D eigenvalue weighted by Crippen LogP contribution is 2.35. The third-order valence-corrected chi connectivity index (χ3v) is 5.29. The fraction of sp³-hybridized carbons (Fsp3) is 0.350. The molecule has 8 heteroatoms. The topological polar surface area (TPSA) is 67.1 Å². The third kappa shape index (κ3) is 3.35. The molecule has 6 nitrogen and oxygen atoms in total. The molecule has 0 radical (unpaired) electrons. The number of anilines is 1. The summed E-state index contributed by atoms with van der Waals surface area (Å²) in [6.07, 6.45) is 6.13. The van der Waals surface area contributed by atoms with Crippen LogP contribution in [0.25, 0.3) is 11.3 Å². The lowest BCUT2D eigenvalue weighted by Crippen LogP contribution is -2.43. The lowest BCUT2D eigenvalue weighted by molar-refractivity contribution is 0.0113. The van der Waals surface area contributed by atoms with Gasteiger partial charge < -0.3 is 10.0 Å². The summed E-state index contributed by atoms with van der Waals surface area (Å²) in [5.41, 5.74) is 1.69. The summed E-state index contributed by atoms with van der Waals surface area (Å²) in [6, 6.07) is 3.58. The van der Waals surface area contributed by atoms with Crippen molar-refractivity contribution in [2.24, 2.45) is 7.05 Å². The van der Waals surface area contributed by atoms with Gasteiger partial charge in [-0.25, -0.2) is 13.8 Å². The fourth-order valence-corrected chi connectivity index (χ4v) is 3.59. The van der Waals surface area contributed by atoms with Crippen molar-refractivity contribution >= 4 is 5.82 Å². The molecular weight excluding hydrogens is 364 g/mol. The van der Waals surface area contributed by atoms with Gasteiger partial charge in [0.2, 0.25) is 0 Å². The molecule has 1 N–H and O–H groups in total. The summed E-state index contributed by atoms with van der Waals surface area (Å²) in [5, 5.41) is 15.1. The van der Waals surface area contributed by atoms with Crippen LogP contribution in [0.3, 0.4) is 0 Å². The summed E-state index contributed by atoms with van der Waals surface area (Å²) in [7, 11) is 1.85. The van der Waals surface area contributed by atoms with Gasteiger partial charge in [-0.3, -0.25) is 9.67 Å². The summed E-state index contributed by atoms with van der Waals surface area (Å²) >= 11 is 0. The predicted molar refractivity (Wildman–Crippen MR) is 101 cm³/mol. The Morgan fingerprint density at radius 1 is 1.11 bits per heavy atom. The van der Waals surface area contributed by atoms with E-state index < -0.39 is 17.2 Å². The highest BCUT2D eigenvalue weighted by atomic mass is 19.2. The predicted octanol–water partition coefficient (Wildman–Crippen LogP) is 2.95. The quantitative estimate of drug-likeness (QED) is 0.751. The molecule has 0 aliphatic carbocycles. The lowest BCUT2D eigenvalue weighted by Gasteiger charge is -2.39. The summed E-state index contributed by atoms with van der Waals surface area (Å²) in [5.74, 6) is -1.14. The smallest absolute Gasteiger partial charge is 0.159 e. The Morgan fingerprint density at radius 3 is 2.50 bits per heavy atom. The van der Waals surface area contributed by atoms with E-state index in [0.717, 1.165) is 34.9 Å². The zero-order valence-electron chi connectivity index (χ0n) is 15.7. The van der Waals surface area contributed by atoms with Gasteiger partial charge in [0.1, 0.15) is 5.82 Å². The number of hydrogen-bond acceptors (Lipinski definition) is 5. The van der Waals surface area contributed by atoms with Gasteiger partial charge in [0.05, 0.1) is 29.4 Å². The van der Waals surface area contributed by atoms with E-state index in [4.69, 9.17) is 4.98 Å². The van der Waals surface area contributed by atoms with Crippen LogP contribution in [-0.4, -0.2) is 37.9 Å². The maximum absolute atomic E-state index is 13.6. The molecule has 1 aliphatic rings. The van der Waals surface area contributed by atoms with E-state index in [1.165, 1.54) is 6.07 Å². The number of hydrogen-bond donors (Lipinski definition) is 1. The number of nitrogens with zero attached hydrogens (tertiary/aromatic N) is 5. The number of halogens is 2. The molecule has 2 aromatic heterocycles. The first-order chi connectivity index (χ1) is 13.4. The van der Waals surface area contributed by atoms with E-state index in [0.29, 0.717) is 31.5 Å². The molecule has 1 aromatic carbocycles. The average Bonchev–Trinajstić information content (AvgIpc) is 3.11. The number of piperidine rings is 1. The van der Waals surface area contributed by atoms with Gasteiger partial charge in [0, 0.05) is 31.9 Å². The molecule has 1 aliphatic heterocycles. The van der Waals surface area contributed by atoms with Crippen molar-refractivity contribution in [1.82, 2.24) is 19.7 Å². The molecule has 4 rings (SSSR count). The Balaban J connectivity index is 1.54. The number of aryl methyl sites for hydroxylation is 2. The van der Waals surface area contributed by atoms with Gasteiger partial charge in [-0.2, -0.15) is 5.10 Å². The SMILES string of the molecule is Cc1ncc(N2CCC(O)(c3ccc(F)c(F)c3)CC2)nc1-c1cnn(C)c1. The molecule has 0 saturated carbocycles. The van der Waals surface area contributed by atoms with Crippen LogP contribution in [0, 0.1) is 18.6 Å². The van der Waals surface area contributed by atoms with Crippen LogP contribution < -0.4 is 4.90 Å². The second-order valence-corrected chi connectivity index (χ2v) is 7.21. The van der Waals surface area contributed by atoms with Crippen LogP contribution >= 0.6 is 0 Å². The van der Waals surface area contributed by atoms with Crippen molar-refractivity contribution in [3.63, 3.8) is 0 Å². The number of benzene rings is 1. The van der Waals surface area contributed by atoms with Crippen LogP contribution in [0.1, 0.15) is 24.1 Å². The van der Waals surface area contributed by atoms with E-state index >= 15 is 0 Å². The Hall–Kier alpha value is -2.87. The summed E-state index contributed by atoms with van der Waals surface area (Å²) in [6.45, 7) is 2.95. The molecule has 0 amide bonds. The van der Waals surface area contributed by atoms with Gasteiger partial charge in [-0.15, -0.1) is 0 Å². The van der Waals surface area contributed by atoms with Crippen molar-refractivity contribution in [2.75, 3.05) is 18.0 Å². The standard InChI is InChI=1S/C20H21F2N5O/c1-13-19(14-10-24-26(2)12-14)25-18(11-23-13)27-7-5-20(28,6-8-27)15-3-4-16(21)17(22)9-15/h3-4,9-12,28H,5-8H2,1-2H3. The number of aromatic nitrogens is 4. The minimum Gasteiger partial charge on any atom is -0.385 e. The molecule has 28 heavy (non-hydrogen) atoms. The molecule has 3 aromatic rings. The van der Waals surface area contributed by atoms with E-state index in [1.54, 1.807) is 17.1 Å². The summed E-state index contributed by atoms with van der Waals surface area (Å²) in [4.78, 5) is 11.2. The lowest BCUT2D eigenvalue weighted by atomic mass is 9.84. The molecule has 3 heterocycles. The largest absolute Gasteiger partial charge is 0.385 e. The maximum Gasteiger partial charge on any atom is 0.159 e. The summed E-state index contributed by atoms with van der Waals surface area (Å²) < 4.78 is 28.5. The van der Waals surface area contributed by atoms with Crippen LogP contribution in [0.2, 0.25) is 0 Å². The molecule has 1 fully saturated rings. The second-order valence-electron chi connectivity index (χ2n) is 7.21. The zero-order valence-corrected chi connectivity index (χ0v) is 15.7. The molecule has 146 valence electrons. The minimum atomic E-state index is -1.19. The molecule has 1 saturated heterocycles. The Labute approximate surface area is 161 Å². The average molecular weight is 385 g/mol. The first-order valence-electron chi connectivity index (χ1n) is 9.11. The van der Waals surface area contributed by atoms with Crippen LogP contribution in [0.5, 0.6) is 0 Å². The second kappa shape index (κ2) is 6.94. The Kier molecular flexibility index (Phi) is 4.58. The van der Waals surface area contributed by atoms with Gasteiger partial charge >= 0.3 is 0 Å². The van der Waals surface area contributed by atoms with Gasteiger partial charge in [-0.05, 0) is 37.5 Å².